The summed E-state index contributed by atoms with van der Waals surface area (Å²) in [7, 11) is 1.73. The Morgan fingerprint density at radius 3 is 2.32 bits per heavy atom. The minimum atomic E-state index is -0.166. The van der Waals surface area contributed by atoms with Gasteiger partial charge in [-0.25, -0.2) is 4.68 Å². The normalized spacial score (nSPS) is 10.7. The van der Waals surface area contributed by atoms with E-state index < -0.39 is 0 Å². The highest BCUT2D eigenvalue weighted by molar-refractivity contribution is 6.30. The molecule has 6 nitrogen and oxygen atoms in total. The second-order valence-corrected chi connectivity index (χ2v) is 8.48. The molecule has 0 fully saturated rings. The van der Waals surface area contributed by atoms with Crippen LogP contribution in [0, 0.1) is 0 Å². The average Bonchev–Trinajstić information content (AvgIpc) is 3.25. The maximum atomic E-state index is 13.1. The molecule has 0 saturated heterocycles. The van der Waals surface area contributed by atoms with E-state index in [0.717, 1.165) is 28.1 Å². The maximum absolute atomic E-state index is 13.1. The van der Waals surface area contributed by atoms with E-state index in [4.69, 9.17) is 16.7 Å². The first-order valence-electron chi connectivity index (χ1n) is 10.9. The molecule has 0 atom stereocenters. The molecule has 1 aromatic heterocycles. The van der Waals surface area contributed by atoms with Crippen LogP contribution in [0.2, 0.25) is 5.02 Å². The molecular weight excluding hydrogens is 448 g/mol. The number of hydrogen-bond donors (Lipinski definition) is 1. The Morgan fingerprint density at radius 1 is 0.941 bits per heavy atom. The first kappa shape index (κ1) is 23.3. The second-order valence-electron chi connectivity index (χ2n) is 8.05. The first-order chi connectivity index (χ1) is 16.4. The monoisotopic (exact) mass is 472 g/mol. The van der Waals surface area contributed by atoms with Crippen molar-refractivity contribution in [3.8, 4) is 16.9 Å². The summed E-state index contributed by atoms with van der Waals surface area (Å²) in [5, 5.41) is 8.41. The van der Waals surface area contributed by atoms with Crippen LogP contribution in [-0.4, -0.2) is 33.5 Å². The van der Waals surface area contributed by atoms with Gasteiger partial charge in [-0.3, -0.25) is 9.59 Å². The number of para-hydroxylation sites is 2. The molecule has 2 amide bonds. The zero-order valence-electron chi connectivity index (χ0n) is 19.0. The number of carbonyl (C=O) groups excluding carboxylic acids is 2. The van der Waals surface area contributed by atoms with Crippen LogP contribution in [0.15, 0.2) is 85.1 Å². The van der Waals surface area contributed by atoms with Crippen LogP contribution in [0.25, 0.3) is 16.9 Å². The lowest BCUT2D eigenvalue weighted by atomic mass is 10.1. The first-order valence-corrected chi connectivity index (χ1v) is 11.3. The predicted molar refractivity (Wildman–Crippen MR) is 135 cm³/mol. The molecule has 0 aliphatic carbocycles. The van der Waals surface area contributed by atoms with E-state index in [0.29, 0.717) is 17.3 Å². The molecule has 0 saturated carbocycles. The quantitative estimate of drug-likeness (QED) is 0.394. The number of benzene rings is 3. The van der Waals surface area contributed by atoms with Gasteiger partial charge in [0, 0.05) is 48.5 Å². The van der Waals surface area contributed by atoms with E-state index in [2.05, 4.69) is 5.32 Å². The van der Waals surface area contributed by atoms with Gasteiger partial charge in [-0.1, -0.05) is 60.1 Å². The Hall–Kier alpha value is -3.90. The Bertz CT molecular complexity index is 1300. The third-order valence-electron chi connectivity index (χ3n) is 5.52. The second kappa shape index (κ2) is 10.4. The largest absolute Gasteiger partial charge is 0.342 e. The van der Waals surface area contributed by atoms with Crippen LogP contribution in [0.5, 0.6) is 0 Å². The van der Waals surface area contributed by atoms with E-state index in [1.165, 1.54) is 6.92 Å². The van der Waals surface area contributed by atoms with Crippen molar-refractivity contribution in [2.45, 2.75) is 19.9 Å². The molecule has 1 heterocycles. The van der Waals surface area contributed by atoms with Crippen LogP contribution in [-0.2, 0) is 22.6 Å². The van der Waals surface area contributed by atoms with Crippen LogP contribution < -0.4 is 5.32 Å². The van der Waals surface area contributed by atoms with E-state index in [1.54, 1.807) is 16.6 Å². The third kappa shape index (κ3) is 5.53. The SMILES string of the molecule is CC(=O)N(C)Cc1ccccc1NC(=O)Cc1cn(-c2ccccc2)nc1-c1ccc(Cl)cc1. The van der Waals surface area contributed by atoms with Gasteiger partial charge in [0.05, 0.1) is 17.8 Å². The van der Waals surface area contributed by atoms with Crippen LogP contribution >= 0.6 is 11.6 Å². The van der Waals surface area contributed by atoms with Gasteiger partial charge in [0.1, 0.15) is 0 Å². The lowest BCUT2D eigenvalue weighted by Gasteiger charge is -2.18. The van der Waals surface area contributed by atoms with Crippen molar-refractivity contribution in [1.82, 2.24) is 14.7 Å². The van der Waals surface area contributed by atoms with E-state index in [1.807, 2.05) is 85.1 Å². The molecule has 4 aromatic rings. The fourth-order valence-electron chi connectivity index (χ4n) is 3.62. The molecule has 0 radical (unpaired) electrons. The topological polar surface area (TPSA) is 67.2 Å². The molecule has 0 spiro atoms. The number of anilines is 1. The number of amides is 2. The fraction of sp³-hybridized carbons (Fsp3) is 0.148. The van der Waals surface area contributed by atoms with Crippen LogP contribution in [0.1, 0.15) is 18.1 Å². The third-order valence-corrected chi connectivity index (χ3v) is 5.77. The molecule has 34 heavy (non-hydrogen) atoms. The molecule has 0 bridgehead atoms. The van der Waals surface area contributed by atoms with Gasteiger partial charge < -0.3 is 10.2 Å². The highest BCUT2D eigenvalue weighted by atomic mass is 35.5. The number of rotatable bonds is 7. The number of hydrogen-bond acceptors (Lipinski definition) is 3. The van der Waals surface area contributed by atoms with Crippen molar-refractivity contribution >= 4 is 29.1 Å². The van der Waals surface area contributed by atoms with Gasteiger partial charge in [0.2, 0.25) is 11.8 Å². The van der Waals surface area contributed by atoms with E-state index in [-0.39, 0.29) is 18.2 Å². The average molecular weight is 473 g/mol. The van der Waals surface area contributed by atoms with E-state index >= 15 is 0 Å². The summed E-state index contributed by atoms with van der Waals surface area (Å²) in [4.78, 5) is 26.3. The van der Waals surface area contributed by atoms with Crippen molar-refractivity contribution in [3.05, 3.63) is 101 Å². The number of nitrogens with zero attached hydrogens (tertiary/aromatic N) is 3. The molecule has 4 rings (SSSR count). The fourth-order valence-corrected chi connectivity index (χ4v) is 3.74. The Labute approximate surface area is 203 Å². The smallest absolute Gasteiger partial charge is 0.228 e. The highest BCUT2D eigenvalue weighted by Crippen LogP contribution is 2.26. The number of aromatic nitrogens is 2. The Balaban J connectivity index is 1.61. The van der Waals surface area contributed by atoms with Gasteiger partial charge in [-0.05, 0) is 35.9 Å². The van der Waals surface area contributed by atoms with Crippen molar-refractivity contribution < 1.29 is 9.59 Å². The number of halogens is 1. The highest BCUT2D eigenvalue weighted by Gasteiger charge is 2.17. The number of carbonyl (C=O) groups is 2. The Kier molecular flexibility index (Phi) is 7.09. The Morgan fingerprint density at radius 2 is 1.62 bits per heavy atom. The summed E-state index contributed by atoms with van der Waals surface area (Å²) >= 11 is 6.07. The van der Waals surface area contributed by atoms with Crippen molar-refractivity contribution in [1.29, 1.82) is 0 Å². The standard InChI is InChI=1S/C27H25ClN4O2/c1-19(33)31(2)17-21-8-6-7-11-25(21)29-26(34)16-22-18-32(24-9-4-3-5-10-24)30-27(22)20-12-14-23(28)15-13-20/h3-15,18H,16-17H2,1-2H3,(H,29,34). The minimum absolute atomic E-state index is 0.0398. The molecule has 172 valence electrons. The summed E-state index contributed by atoms with van der Waals surface area (Å²) in [5.41, 5.74) is 4.85. The summed E-state index contributed by atoms with van der Waals surface area (Å²) in [6.45, 7) is 1.93. The zero-order chi connectivity index (χ0) is 24.1. The van der Waals surface area contributed by atoms with E-state index in [9.17, 15) is 9.59 Å². The van der Waals surface area contributed by atoms with Crippen molar-refractivity contribution in [2.75, 3.05) is 12.4 Å². The molecule has 0 aliphatic rings. The van der Waals surface area contributed by atoms with Gasteiger partial charge in [-0.2, -0.15) is 5.10 Å². The molecule has 3 aromatic carbocycles. The van der Waals surface area contributed by atoms with Crippen molar-refractivity contribution in [2.24, 2.45) is 0 Å². The van der Waals surface area contributed by atoms with Gasteiger partial charge in [0.25, 0.3) is 0 Å². The lowest BCUT2D eigenvalue weighted by molar-refractivity contribution is -0.128. The molecule has 1 N–H and O–H groups in total. The summed E-state index contributed by atoms with van der Waals surface area (Å²) < 4.78 is 1.78. The summed E-state index contributed by atoms with van der Waals surface area (Å²) in [6, 6.07) is 24.7. The predicted octanol–water partition coefficient (Wildman–Crippen LogP) is 5.35. The molecular formula is C27H25ClN4O2. The van der Waals surface area contributed by atoms with Gasteiger partial charge >= 0.3 is 0 Å². The van der Waals surface area contributed by atoms with Crippen LogP contribution in [0.3, 0.4) is 0 Å². The van der Waals surface area contributed by atoms with Gasteiger partial charge in [0.15, 0.2) is 0 Å². The lowest BCUT2D eigenvalue weighted by Crippen LogP contribution is -2.24. The van der Waals surface area contributed by atoms with Crippen molar-refractivity contribution in [3.63, 3.8) is 0 Å². The zero-order valence-corrected chi connectivity index (χ0v) is 19.8. The number of nitrogens with one attached hydrogen (secondary N) is 1. The van der Waals surface area contributed by atoms with Gasteiger partial charge in [-0.15, -0.1) is 0 Å². The molecule has 7 heteroatoms. The molecule has 0 unspecified atom stereocenters. The summed E-state index contributed by atoms with van der Waals surface area (Å²) in [5.74, 6) is -0.206. The van der Waals surface area contributed by atoms with Crippen LogP contribution in [0.4, 0.5) is 5.69 Å². The summed E-state index contributed by atoms with van der Waals surface area (Å²) in [6.07, 6.45) is 2.02. The maximum Gasteiger partial charge on any atom is 0.228 e. The molecule has 0 aliphatic heterocycles. The minimum Gasteiger partial charge on any atom is -0.342 e.